The van der Waals surface area contributed by atoms with Crippen LogP contribution in [0, 0.1) is 0 Å². The molecule has 3 atom stereocenters. The van der Waals surface area contributed by atoms with Crippen molar-refractivity contribution in [3.8, 4) is 0 Å². The van der Waals surface area contributed by atoms with Crippen LogP contribution in [-0.4, -0.2) is 40.7 Å². The number of hydrogen-bond donors (Lipinski definition) is 2. The van der Waals surface area contributed by atoms with Crippen molar-refractivity contribution in [3.63, 3.8) is 0 Å². The molecular formula is C22H27N3O4. The molecule has 1 aromatic carbocycles. The van der Waals surface area contributed by atoms with E-state index in [1.807, 2.05) is 38.1 Å². The minimum atomic E-state index is -0.721. The second-order valence-corrected chi connectivity index (χ2v) is 7.45. The zero-order valence-corrected chi connectivity index (χ0v) is 17.0. The molecule has 0 saturated heterocycles. The van der Waals surface area contributed by atoms with Crippen LogP contribution in [0.4, 0.5) is 0 Å². The van der Waals surface area contributed by atoms with Crippen LogP contribution in [-0.2, 0) is 22.6 Å². The maximum atomic E-state index is 13.0. The van der Waals surface area contributed by atoms with Crippen molar-refractivity contribution in [2.75, 3.05) is 0 Å². The van der Waals surface area contributed by atoms with Gasteiger partial charge in [0.05, 0.1) is 6.26 Å². The average molecular weight is 397 g/mol. The number of nitrogens with one attached hydrogen (secondary N) is 2. The Morgan fingerprint density at radius 2 is 1.83 bits per heavy atom. The standard InChI is InChI=1S/C22H27N3O4/c1-4-14(2)23-20(26)15(3)24-21(27)18-12-16-8-5-6-9-17(16)13-25(18)22(28)19-10-7-11-29-19/h5-11,14-15,18H,4,12-13H2,1-3H3,(H,23,26)(H,24,27). The number of furan rings is 1. The van der Waals surface area contributed by atoms with Gasteiger partial charge in [0.1, 0.15) is 12.1 Å². The van der Waals surface area contributed by atoms with Crippen molar-refractivity contribution in [3.05, 3.63) is 59.5 Å². The van der Waals surface area contributed by atoms with Crippen LogP contribution >= 0.6 is 0 Å². The van der Waals surface area contributed by atoms with Crippen LogP contribution in [0.25, 0.3) is 0 Å². The van der Waals surface area contributed by atoms with Gasteiger partial charge in [0.2, 0.25) is 11.8 Å². The predicted molar refractivity (Wildman–Crippen MR) is 108 cm³/mol. The molecule has 7 heteroatoms. The van der Waals surface area contributed by atoms with Gasteiger partial charge < -0.3 is 20.0 Å². The Bertz CT molecular complexity index is 878. The van der Waals surface area contributed by atoms with Gasteiger partial charge in [-0.1, -0.05) is 31.2 Å². The van der Waals surface area contributed by atoms with Gasteiger partial charge in [0.25, 0.3) is 5.91 Å². The third kappa shape index (κ3) is 4.67. The molecule has 3 unspecified atom stereocenters. The first kappa shape index (κ1) is 20.6. The second-order valence-electron chi connectivity index (χ2n) is 7.45. The zero-order valence-electron chi connectivity index (χ0n) is 17.0. The Kier molecular flexibility index (Phi) is 6.36. The Morgan fingerprint density at radius 3 is 2.48 bits per heavy atom. The molecule has 2 aromatic rings. The molecule has 0 fully saturated rings. The lowest BCUT2D eigenvalue weighted by Gasteiger charge is -2.36. The molecule has 2 heterocycles. The van der Waals surface area contributed by atoms with E-state index in [4.69, 9.17) is 4.42 Å². The summed E-state index contributed by atoms with van der Waals surface area (Å²) in [7, 11) is 0. The van der Waals surface area contributed by atoms with E-state index in [1.54, 1.807) is 19.1 Å². The molecule has 3 amide bonds. The Morgan fingerprint density at radius 1 is 1.10 bits per heavy atom. The van der Waals surface area contributed by atoms with Gasteiger partial charge in [-0.3, -0.25) is 14.4 Å². The maximum absolute atomic E-state index is 13.0. The monoisotopic (exact) mass is 397 g/mol. The van der Waals surface area contributed by atoms with Crippen molar-refractivity contribution < 1.29 is 18.8 Å². The highest BCUT2D eigenvalue weighted by molar-refractivity contribution is 5.97. The topological polar surface area (TPSA) is 91.7 Å². The van der Waals surface area contributed by atoms with Crippen LogP contribution in [0.15, 0.2) is 47.1 Å². The number of carbonyl (C=O) groups excluding carboxylic acids is 3. The first-order valence-electron chi connectivity index (χ1n) is 9.92. The van der Waals surface area contributed by atoms with Crippen molar-refractivity contribution >= 4 is 17.7 Å². The summed E-state index contributed by atoms with van der Waals surface area (Å²) >= 11 is 0. The van der Waals surface area contributed by atoms with Crippen molar-refractivity contribution in [2.24, 2.45) is 0 Å². The van der Waals surface area contributed by atoms with Crippen LogP contribution in [0.5, 0.6) is 0 Å². The minimum Gasteiger partial charge on any atom is -0.459 e. The summed E-state index contributed by atoms with van der Waals surface area (Å²) < 4.78 is 5.25. The summed E-state index contributed by atoms with van der Waals surface area (Å²) in [6.07, 6.45) is 2.62. The molecule has 7 nitrogen and oxygen atoms in total. The Balaban J connectivity index is 1.79. The van der Waals surface area contributed by atoms with Gasteiger partial charge in [-0.05, 0) is 43.5 Å². The molecule has 154 valence electrons. The molecule has 0 spiro atoms. The quantitative estimate of drug-likeness (QED) is 0.782. The zero-order chi connectivity index (χ0) is 21.0. The number of fused-ring (bicyclic) bond motifs is 1. The highest BCUT2D eigenvalue weighted by Crippen LogP contribution is 2.25. The second kappa shape index (κ2) is 8.94. The Labute approximate surface area is 170 Å². The van der Waals surface area contributed by atoms with Crippen LogP contribution in [0.2, 0.25) is 0 Å². The molecule has 1 aliphatic rings. The summed E-state index contributed by atoms with van der Waals surface area (Å²) in [4.78, 5) is 39.8. The predicted octanol–water partition coefficient (Wildman–Crippen LogP) is 2.27. The summed E-state index contributed by atoms with van der Waals surface area (Å²) in [5.74, 6) is -0.759. The lowest BCUT2D eigenvalue weighted by atomic mass is 9.93. The van der Waals surface area contributed by atoms with E-state index >= 15 is 0 Å². The van der Waals surface area contributed by atoms with E-state index in [-0.39, 0.29) is 29.5 Å². The van der Waals surface area contributed by atoms with Gasteiger partial charge in [-0.15, -0.1) is 0 Å². The molecular weight excluding hydrogens is 370 g/mol. The lowest BCUT2D eigenvalue weighted by molar-refractivity contribution is -0.131. The van der Waals surface area contributed by atoms with E-state index in [0.717, 1.165) is 17.5 Å². The van der Waals surface area contributed by atoms with E-state index in [1.165, 1.54) is 11.2 Å². The van der Waals surface area contributed by atoms with Crippen LogP contribution < -0.4 is 10.6 Å². The SMILES string of the molecule is CCC(C)NC(=O)C(C)NC(=O)C1Cc2ccccc2CN1C(=O)c1ccco1. The van der Waals surface area contributed by atoms with E-state index in [0.29, 0.717) is 13.0 Å². The van der Waals surface area contributed by atoms with Gasteiger partial charge in [0.15, 0.2) is 5.76 Å². The normalized spacial score (nSPS) is 17.8. The summed E-state index contributed by atoms with van der Waals surface area (Å²) in [6, 6.07) is 9.57. The van der Waals surface area contributed by atoms with Gasteiger partial charge >= 0.3 is 0 Å². The van der Waals surface area contributed by atoms with Gasteiger partial charge in [-0.25, -0.2) is 0 Å². The molecule has 1 aliphatic heterocycles. The fourth-order valence-corrected chi connectivity index (χ4v) is 3.36. The Hall–Kier alpha value is -3.09. The minimum absolute atomic E-state index is 0.0282. The largest absolute Gasteiger partial charge is 0.459 e. The summed E-state index contributed by atoms with van der Waals surface area (Å²) in [6.45, 7) is 5.84. The van der Waals surface area contributed by atoms with Gasteiger partial charge in [0, 0.05) is 19.0 Å². The van der Waals surface area contributed by atoms with E-state index in [2.05, 4.69) is 10.6 Å². The number of nitrogens with zero attached hydrogens (tertiary/aromatic N) is 1. The molecule has 0 bridgehead atoms. The maximum Gasteiger partial charge on any atom is 0.290 e. The van der Waals surface area contributed by atoms with Crippen molar-refractivity contribution in [2.45, 2.75) is 58.3 Å². The first-order chi connectivity index (χ1) is 13.9. The smallest absolute Gasteiger partial charge is 0.290 e. The number of benzene rings is 1. The molecule has 1 aromatic heterocycles. The van der Waals surface area contributed by atoms with Gasteiger partial charge in [-0.2, -0.15) is 0 Å². The molecule has 0 saturated carbocycles. The third-order valence-electron chi connectivity index (χ3n) is 5.30. The van der Waals surface area contributed by atoms with Crippen molar-refractivity contribution in [1.29, 1.82) is 0 Å². The number of amides is 3. The fourth-order valence-electron chi connectivity index (χ4n) is 3.36. The molecule has 3 rings (SSSR count). The van der Waals surface area contributed by atoms with Crippen LogP contribution in [0.1, 0.15) is 48.9 Å². The molecule has 0 aliphatic carbocycles. The highest BCUT2D eigenvalue weighted by Gasteiger charge is 2.36. The molecule has 0 radical (unpaired) electrons. The van der Waals surface area contributed by atoms with Crippen molar-refractivity contribution in [1.82, 2.24) is 15.5 Å². The summed E-state index contributed by atoms with van der Waals surface area (Å²) in [5, 5.41) is 5.62. The van der Waals surface area contributed by atoms with E-state index < -0.39 is 12.1 Å². The lowest BCUT2D eigenvalue weighted by Crippen LogP contribution is -2.56. The number of hydrogen-bond acceptors (Lipinski definition) is 4. The van der Waals surface area contributed by atoms with Crippen LogP contribution in [0.3, 0.4) is 0 Å². The third-order valence-corrected chi connectivity index (χ3v) is 5.30. The number of rotatable bonds is 6. The highest BCUT2D eigenvalue weighted by atomic mass is 16.3. The average Bonchev–Trinajstić information content (AvgIpc) is 3.26. The first-order valence-corrected chi connectivity index (χ1v) is 9.92. The number of carbonyl (C=O) groups is 3. The van der Waals surface area contributed by atoms with E-state index in [9.17, 15) is 14.4 Å². The summed E-state index contributed by atoms with van der Waals surface area (Å²) in [5.41, 5.74) is 2.02. The molecule has 2 N–H and O–H groups in total. The molecule has 29 heavy (non-hydrogen) atoms. The fraction of sp³-hybridized carbons (Fsp3) is 0.409.